The fraction of sp³-hybridized carbons (Fsp3) is 0.188. The van der Waals surface area contributed by atoms with E-state index >= 15 is 0 Å². The van der Waals surface area contributed by atoms with Crippen molar-refractivity contribution in [1.29, 1.82) is 0 Å². The molecule has 3 N–H and O–H groups in total. The fourth-order valence-electron chi connectivity index (χ4n) is 4.24. The Kier molecular flexibility index (Phi) is 10.8. The molecule has 0 unspecified atom stereocenters. The topological polar surface area (TPSA) is 113 Å². The minimum atomic E-state index is -0.398. The summed E-state index contributed by atoms with van der Waals surface area (Å²) < 4.78 is 2.77. The highest BCUT2D eigenvalue weighted by Gasteiger charge is 2.12. The summed E-state index contributed by atoms with van der Waals surface area (Å²) >= 11 is 3.47. The van der Waals surface area contributed by atoms with Crippen LogP contribution in [0.3, 0.4) is 0 Å². The third kappa shape index (κ3) is 8.83. The molecule has 41 heavy (non-hydrogen) atoms. The van der Waals surface area contributed by atoms with Gasteiger partial charge in [-0.2, -0.15) is 5.10 Å². The van der Waals surface area contributed by atoms with Crippen LogP contribution in [0, 0.1) is 0 Å². The Morgan fingerprint density at radius 1 is 0.829 bits per heavy atom. The number of hydroxylamine groups is 1. The van der Waals surface area contributed by atoms with E-state index in [1.54, 1.807) is 40.5 Å². The number of hydrogen-bond acceptors (Lipinski definition) is 5. The normalized spacial score (nSPS) is 11.0. The number of para-hydroxylation sites is 1. The maximum absolute atomic E-state index is 13.0. The van der Waals surface area contributed by atoms with Crippen LogP contribution >= 0.6 is 15.9 Å². The van der Waals surface area contributed by atoms with Gasteiger partial charge in [0.15, 0.2) is 5.78 Å². The van der Waals surface area contributed by atoms with E-state index in [4.69, 9.17) is 10.3 Å². The number of rotatable bonds is 13. The number of carbonyl (C=O) groups excluding carboxylic acids is 3. The van der Waals surface area contributed by atoms with Crippen LogP contribution in [-0.2, 0) is 9.59 Å². The summed E-state index contributed by atoms with van der Waals surface area (Å²) in [7, 11) is 0. The SMILES string of the molecule is O=C(CCCCCCC(=O)Nc1ccc(C(=O)/C=C/c2cn(-c3ccccc3)nc2-c2ccc(Br)cc2)cc1)NO. The Morgan fingerprint density at radius 2 is 1.49 bits per heavy atom. The maximum Gasteiger partial charge on any atom is 0.243 e. The lowest BCUT2D eigenvalue weighted by Gasteiger charge is -2.06. The molecule has 0 saturated carbocycles. The molecule has 0 bridgehead atoms. The van der Waals surface area contributed by atoms with E-state index in [1.165, 1.54) is 6.08 Å². The Morgan fingerprint density at radius 3 is 2.15 bits per heavy atom. The number of amides is 2. The largest absolute Gasteiger partial charge is 0.326 e. The molecule has 0 aliphatic heterocycles. The van der Waals surface area contributed by atoms with Crippen LogP contribution in [0.5, 0.6) is 0 Å². The molecule has 0 aliphatic carbocycles. The van der Waals surface area contributed by atoms with Gasteiger partial charge in [-0.1, -0.05) is 59.1 Å². The molecule has 210 valence electrons. The third-order valence-corrected chi connectivity index (χ3v) is 6.96. The monoisotopic (exact) mass is 614 g/mol. The number of hydrogen-bond donors (Lipinski definition) is 3. The average Bonchev–Trinajstić information content (AvgIpc) is 3.43. The Hall–Kier alpha value is -4.34. The predicted octanol–water partition coefficient (Wildman–Crippen LogP) is 6.98. The number of halogens is 1. The smallest absolute Gasteiger partial charge is 0.243 e. The number of aromatic nitrogens is 2. The van der Waals surface area contributed by atoms with Gasteiger partial charge in [0.05, 0.1) is 11.4 Å². The van der Waals surface area contributed by atoms with Crippen molar-refractivity contribution < 1.29 is 19.6 Å². The molecule has 2 amide bonds. The number of anilines is 1. The molecule has 3 aromatic carbocycles. The number of ketones is 1. The molecule has 1 heterocycles. The average molecular weight is 616 g/mol. The second-order valence-corrected chi connectivity index (χ2v) is 10.4. The lowest BCUT2D eigenvalue weighted by Crippen LogP contribution is -2.17. The molecular formula is C32H31BrN4O4. The zero-order valence-electron chi connectivity index (χ0n) is 22.4. The number of nitrogens with one attached hydrogen (secondary N) is 2. The minimum absolute atomic E-state index is 0.104. The quantitative estimate of drug-likeness (QED) is 0.0494. The van der Waals surface area contributed by atoms with Gasteiger partial charge in [-0.15, -0.1) is 0 Å². The van der Waals surface area contributed by atoms with E-state index in [9.17, 15) is 14.4 Å². The molecule has 0 atom stereocenters. The maximum atomic E-state index is 13.0. The van der Waals surface area contributed by atoms with E-state index < -0.39 is 5.91 Å². The first-order valence-electron chi connectivity index (χ1n) is 13.4. The minimum Gasteiger partial charge on any atom is -0.326 e. The summed E-state index contributed by atoms with van der Waals surface area (Å²) in [5.74, 6) is -0.662. The van der Waals surface area contributed by atoms with Gasteiger partial charge in [0, 0.05) is 45.9 Å². The van der Waals surface area contributed by atoms with Gasteiger partial charge in [-0.25, -0.2) is 10.2 Å². The predicted molar refractivity (Wildman–Crippen MR) is 163 cm³/mol. The van der Waals surface area contributed by atoms with E-state index in [1.807, 2.05) is 60.8 Å². The summed E-state index contributed by atoms with van der Waals surface area (Å²) in [6.45, 7) is 0. The zero-order valence-corrected chi connectivity index (χ0v) is 24.0. The van der Waals surface area contributed by atoms with Crippen molar-refractivity contribution in [2.45, 2.75) is 38.5 Å². The second-order valence-electron chi connectivity index (χ2n) is 9.49. The van der Waals surface area contributed by atoms with Crippen LogP contribution in [0.15, 0.2) is 95.6 Å². The standard InChI is InChI=1S/C32H31BrN4O4/c33-26-17-12-24(13-18-26)32-25(22-37(35-32)28-8-4-3-5-9-28)16-21-29(38)23-14-19-27(20-15-23)34-30(39)10-6-1-2-7-11-31(40)36-41/h3-5,8-9,12-22,41H,1-2,6-7,10-11H2,(H,34,39)(H,36,40)/b21-16+. The van der Waals surface area contributed by atoms with E-state index in [0.717, 1.165) is 39.8 Å². The molecule has 0 fully saturated rings. The molecular weight excluding hydrogens is 584 g/mol. The van der Waals surface area contributed by atoms with Crippen LogP contribution < -0.4 is 10.8 Å². The molecule has 4 rings (SSSR count). The molecule has 4 aromatic rings. The van der Waals surface area contributed by atoms with Gasteiger partial charge in [0.25, 0.3) is 0 Å². The van der Waals surface area contributed by atoms with Crippen molar-refractivity contribution >= 4 is 45.3 Å². The summed E-state index contributed by atoms with van der Waals surface area (Å²) in [5, 5.41) is 16.1. The Labute approximate surface area is 247 Å². The number of carbonyl (C=O) groups is 3. The van der Waals surface area contributed by atoms with Crippen molar-refractivity contribution in [2.75, 3.05) is 5.32 Å². The van der Waals surface area contributed by atoms with Gasteiger partial charge in [0.2, 0.25) is 11.8 Å². The van der Waals surface area contributed by atoms with Gasteiger partial charge in [-0.3, -0.25) is 19.6 Å². The van der Waals surface area contributed by atoms with Crippen molar-refractivity contribution in [3.8, 4) is 16.9 Å². The molecule has 0 radical (unpaired) electrons. The van der Waals surface area contributed by atoms with Crippen molar-refractivity contribution in [3.63, 3.8) is 0 Å². The van der Waals surface area contributed by atoms with Crippen LogP contribution in [-0.4, -0.2) is 32.6 Å². The summed E-state index contributed by atoms with van der Waals surface area (Å²) in [6.07, 6.45) is 8.85. The van der Waals surface area contributed by atoms with E-state index in [2.05, 4.69) is 21.2 Å². The first-order valence-corrected chi connectivity index (χ1v) is 14.2. The van der Waals surface area contributed by atoms with Gasteiger partial charge in [-0.05, 0) is 73.5 Å². The number of allylic oxidation sites excluding steroid dienone is 1. The van der Waals surface area contributed by atoms with Crippen LogP contribution in [0.4, 0.5) is 5.69 Å². The molecule has 0 spiro atoms. The third-order valence-electron chi connectivity index (χ3n) is 6.43. The number of unbranched alkanes of at least 4 members (excludes halogenated alkanes) is 3. The molecule has 8 nitrogen and oxygen atoms in total. The highest BCUT2D eigenvalue weighted by molar-refractivity contribution is 9.10. The first-order chi connectivity index (χ1) is 19.9. The van der Waals surface area contributed by atoms with Crippen LogP contribution in [0.1, 0.15) is 54.4 Å². The molecule has 0 saturated heterocycles. The fourth-order valence-corrected chi connectivity index (χ4v) is 4.50. The first kappa shape index (κ1) is 29.6. The summed E-state index contributed by atoms with van der Waals surface area (Å²) in [5.41, 5.74) is 6.16. The lowest BCUT2D eigenvalue weighted by molar-refractivity contribution is -0.129. The summed E-state index contributed by atoms with van der Waals surface area (Å²) in [6, 6.07) is 24.5. The highest BCUT2D eigenvalue weighted by atomic mass is 79.9. The van der Waals surface area contributed by atoms with Gasteiger partial charge < -0.3 is 5.32 Å². The Balaban J connectivity index is 1.36. The van der Waals surface area contributed by atoms with Crippen molar-refractivity contribution in [1.82, 2.24) is 15.3 Å². The van der Waals surface area contributed by atoms with Crippen LogP contribution in [0.25, 0.3) is 23.0 Å². The number of benzene rings is 3. The van der Waals surface area contributed by atoms with E-state index in [0.29, 0.717) is 30.5 Å². The Bertz CT molecular complexity index is 1500. The second kappa shape index (κ2) is 14.9. The van der Waals surface area contributed by atoms with Gasteiger partial charge >= 0.3 is 0 Å². The van der Waals surface area contributed by atoms with E-state index in [-0.39, 0.29) is 18.1 Å². The number of nitrogens with zero attached hydrogens (tertiary/aromatic N) is 2. The van der Waals surface area contributed by atoms with Crippen LogP contribution in [0.2, 0.25) is 0 Å². The molecule has 9 heteroatoms. The van der Waals surface area contributed by atoms with Crippen molar-refractivity contribution in [2.24, 2.45) is 0 Å². The zero-order chi connectivity index (χ0) is 29.0. The lowest BCUT2D eigenvalue weighted by atomic mass is 10.1. The van der Waals surface area contributed by atoms with Crippen molar-refractivity contribution in [3.05, 3.63) is 107 Å². The highest BCUT2D eigenvalue weighted by Crippen LogP contribution is 2.26. The molecule has 0 aliphatic rings. The molecule has 1 aromatic heterocycles. The summed E-state index contributed by atoms with van der Waals surface area (Å²) in [4.78, 5) is 36.2. The van der Waals surface area contributed by atoms with Gasteiger partial charge in [0.1, 0.15) is 0 Å².